The van der Waals surface area contributed by atoms with Gasteiger partial charge in [-0.15, -0.1) is 0 Å². The van der Waals surface area contributed by atoms with Crippen molar-refractivity contribution in [2.75, 3.05) is 11.9 Å². The first-order valence-corrected chi connectivity index (χ1v) is 14.0. The lowest BCUT2D eigenvalue weighted by atomic mass is 9.90. The first kappa shape index (κ1) is 27.3. The molecule has 1 fully saturated rings. The number of carbonyl (C=O) groups excluding carboxylic acids is 1. The molecule has 1 saturated carbocycles. The summed E-state index contributed by atoms with van der Waals surface area (Å²) >= 11 is 0. The Labute approximate surface area is 235 Å². The van der Waals surface area contributed by atoms with Crippen molar-refractivity contribution in [2.24, 2.45) is 5.41 Å². The van der Waals surface area contributed by atoms with Crippen molar-refractivity contribution in [1.82, 2.24) is 14.1 Å². The minimum absolute atomic E-state index is 0.144. The summed E-state index contributed by atoms with van der Waals surface area (Å²) in [5.74, 6) is 0.759. The first-order chi connectivity index (χ1) is 19.2. The highest BCUT2D eigenvalue weighted by molar-refractivity contribution is 5.96. The smallest absolute Gasteiger partial charge is 0.411 e. The van der Waals surface area contributed by atoms with Gasteiger partial charge in [-0.1, -0.05) is 32.9 Å². The van der Waals surface area contributed by atoms with E-state index in [2.05, 4.69) is 27.0 Å². The number of aryl methyl sites for hydroxylation is 1. The van der Waals surface area contributed by atoms with Crippen molar-refractivity contribution in [3.05, 3.63) is 66.7 Å². The maximum atomic E-state index is 12.4. The van der Waals surface area contributed by atoms with Crippen molar-refractivity contribution < 1.29 is 14.3 Å². The number of ether oxygens (including phenoxy) is 2. The molecule has 8 nitrogen and oxygen atoms in total. The highest BCUT2D eigenvalue weighted by Crippen LogP contribution is 2.43. The van der Waals surface area contributed by atoms with Crippen LogP contribution in [-0.2, 0) is 11.3 Å². The Morgan fingerprint density at radius 3 is 2.60 bits per heavy atom. The third-order valence-electron chi connectivity index (χ3n) is 7.82. The van der Waals surface area contributed by atoms with E-state index in [0.717, 1.165) is 53.7 Å². The highest BCUT2D eigenvalue weighted by Gasteiger charge is 2.28. The van der Waals surface area contributed by atoms with Crippen LogP contribution in [0.25, 0.3) is 22.2 Å². The molecule has 40 heavy (non-hydrogen) atoms. The minimum atomic E-state index is -0.478. The number of nitrogens with one attached hydrogen (secondary N) is 1. The quantitative estimate of drug-likeness (QED) is 0.222. The molecule has 8 heteroatoms. The van der Waals surface area contributed by atoms with Gasteiger partial charge >= 0.3 is 6.09 Å². The molecule has 2 heterocycles. The Kier molecular flexibility index (Phi) is 7.83. The van der Waals surface area contributed by atoms with Crippen molar-refractivity contribution in [3.63, 3.8) is 0 Å². The Balaban J connectivity index is 1.38. The predicted octanol–water partition coefficient (Wildman–Crippen LogP) is 7.55. The number of nitriles is 1. The van der Waals surface area contributed by atoms with Crippen LogP contribution < -0.4 is 10.1 Å². The van der Waals surface area contributed by atoms with Crippen LogP contribution in [-0.4, -0.2) is 32.9 Å². The zero-order valence-electron chi connectivity index (χ0n) is 23.7. The first-order valence-electron chi connectivity index (χ1n) is 14.0. The van der Waals surface area contributed by atoms with E-state index >= 15 is 0 Å². The Hall–Kier alpha value is -4.25. The van der Waals surface area contributed by atoms with Gasteiger partial charge in [0.05, 0.1) is 29.7 Å². The van der Waals surface area contributed by atoms with Crippen LogP contribution in [0, 0.1) is 16.7 Å². The molecule has 1 aliphatic rings. The van der Waals surface area contributed by atoms with E-state index in [1.54, 1.807) is 12.5 Å². The Morgan fingerprint density at radius 2 is 1.98 bits per heavy atom. The molecule has 208 valence electrons. The van der Waals surface area contributed by atoms with Gasteiger partial charge < -0.3 is 18.6 Å². The standard InChI is InChI=1S/C32H37N5O3/c1-22(32(2,3)4)40-31(38)35-24-11-9-23(10-12-24)30-28(20-33)27-19-26(39-18-6-16-36-17-15-34-21-36)13-14-29(27)37(30)25-7-5-8-25/h9-15,17,19,21-22,25H,5-8,16,18H2,1-4H3,(H,35,38). The van der Waals surface area contributed by atoms with Gasteiger partial charge in [0.1, 0.15) is 17.9 Å². The zero-order valence-corrected chi connectivity index (χ0v) is 23.7. The van der Waals surface area contributed by atoms with Crippen LogP contribution in [0.4, 0.5) is 10.5 Å². The lowest BCUT2D eigenvalue weighted by Gasteiger charge is -2.30. The number of amides is 1. The second-order valence-electron chi connectivity index (χ2n) is 11.6. The summed E-state index contributed by atoms with van der Waals surface area (Å²) in [5.41, 5.74) is 4.04. The van der Waals surface area contributed by atoms with Crippen LogP contribution >= 0.6 is 0 Å². The molecule has 5 rings (SSSR count). The minimum Gasteiger partial charge on any atom is -0.494 e. The van der Waals surface area contributed by atoms with E-state index in [9.17, 15) is 10.1 Å². The predicted molar refractivity (Wildman–Crippen MR) is 156 cm³/mol. The molecule has 0 aliphatic heterocycles. The summed E-state index contributed by atoms with van der Waals surface area (Å²) in [6.07, 6.45) is 9.03. The number of hydrogen-bond acceptors (Lipinski definition) is 5. The molecule has 1 N–H and O–H groups in total. The Bertz CT molecular complexity index is 1500. The summed E-state index contributed by atoms with van der Waals surface area (Å²) < 4.78 is 15.9. The number of imidazole rings is 1. The van der Waals surface area contributed by atoms with Gasteiger partial charge in [-0.05, 0) is 73.9 Å². The largest absolute Gasteiger partial charge is 0.494 e. The average molecular weight is 540 g/mol. The van der Waals surface area contributed by atoms with Crippen LogP contribution in [0.5, 0.6) is 5.75 Å². The maximum absolute atomic E-state index is 12.4. The molecule has 0 spiro atoms. The zero-order chi connectivity index (χ0) is 28.3. The van der Waals surface area contributed by atoms with E-state index in [0.29, 0.717) is 23.9 Å². The molecule has 1 aliphatic carbocycles. The van der Waals surface area contributed by atoms with E-state index < -0.39 is 6.09 Å². The summed E-state index contributed by atoms with van der Waals surface area (Å²) in [4.78, 5) is 16.5. The summed E-state index contributed by atoms with van der Waals surface area (Å²) in [6.45, 7) is 9.41. The second-order valence-corrected chi connectivity index (χ2v) is 11.6. The van der Waals surface area contributed by atoms with Gasteiger partial charge in [-0.25, -0.2) is 9.78 Å². The monoisotopic (exact) mass is 539 g/mol. The number of anilines is 1. The van der Waals surface area contributed by atoms with Gasteiger partial charge in [0.25, 0.3) is 0 Å². The van der Waals surface area contributed by atoms with Gasteiger partial charge in [-0.2, -0.15) is 5.26 Å². The van der Waals surface area contributed by atoms with Crippen molar-refractivity contribution in [1.29, 1.82) is 5.26 Å². The summed E-state index contributed by atoms with van der Waals surface area (Å²) in [6, 6.07) is 16.5. The van der Waals surface area contributed by atoms with E-state index in [1.807, 2.05) is 74.9 Å². The third-order valence-corrected chi connectivity index (χ3v) is 7.82. The molecule has 1 amide bonds. The normalized spacial score (nSPS) is 14.4. The van der Waals surface area contributed by atoms with Gasteiger partial charge in [0.15, 0.2) is 0 Å². The number of nitrogens with zero attached hydrogens (tertiary/aromatic N) is 4. The highest BCUT2D eigenvalue weighted by atomic mass is 16.6. The fourth-order valence-corrected chi connectivity index (χ4v) is 4.86. The van der Waals surface area contributed by atoms with Crippen molar-refractivity contribution in [2.45, 2.75) is 72.1 Å². The summed E-state index contributed by atoms with van der Waals surface area (Å²) in [7, 11) is 0. The van der Waals surface area contributed by atoms with Gasteiger partial charge in [0.2, 0.25) is 0 Å². The molecule has 4 aromatic rings. The van der Waals surface area contributed by atoms with Crippen molar-refractivity contribution >= 4 is 22.7 Å². The lowest BCUT2D eigenvalue weighted by molar-refractivity contribution is 0.0528. The third kappa shape index (κ3) is 5.84. The molecule has 0 saturated heterocycles. The molecule has 1 unspecified atom stereocenters. The molecular formula is C32H37N5O3. The summed E-state index contributed by atoms with van der Waals surface area (Å²) in [5, 5.41) is 14.0. The number of fused-ring (bicyclic) bond motifs is 1. The topological polar surface area (TPSA) is 94.1 Å². The molecule has 2 aromatic carbocycles. The van der Waals surface area contributed by atoms with Crippen LogP contribution in [0.15, 0.2) is 61.2 Å². The number of hydrogen-bond donors (Lipinski definition) is 1. The van der Waals surface area contributed by atoms with Crippen LogP contribution in [0.3, 0.4) is 0 Å². The lowest BCUT2D eigenvalue weighted by Crippen LogP contribution is -2.30. The molecule has 0 bridgehead atoms. The molecule has 0 radical (unpaired) electrons. The number of rotatable bonds is 9. The average Bonchev–Trinajstić information content (AvgIpc) is 3.51. The van der Waals surface area contributed by atoms with E-state index in [-0.39, 0.29) is 11.5 Å². The molecular weight excluding hydrogens is 502 g/mol. The number of carbonyl (C=O) groups is 1. The van der Waals surface area contributed by atoms with Crippen LogP contribution in [0.2, 0.25) is 0 Å². The number of aromatic nitrogens is 3. The molecule has 1 atom stereocenters. The molecule has 2 aromatic heterocycles. The SMILES string of the molecule is CC(OC(=O)Nc1ccc(-c2c(C#N)c3cc(OCCCn4ccnc4)ccc3n2C2CCC2)cc1)C(C)(C)C. The second kappa shape index (κ2) is 11.5. The van der Waals surface area contributed by atoms with Gasteiger partial charge in [0, 0.05) is 36.1 Å². The van der Waals surface area contributed by atoms with Gasteiger partial charge in [-0.3, -0.25) is 5.32 Å². The fraction of sp³-hybridized carbons (Fsp3) is 0.406. The Morgan fingerprint density at radius 1 is 1.20 bits per heavy atom. The number of benzene rings is 2. The maximum Gasteiger partial charge on any atom is 0.411 e. The fourth-order valence-electron chi connectivity index (χ4n) is 4.86. The van der Waals surface area contributed by atoms with E-state index in [4.69, 9.17) is 9.47 Å². The van der Waals surface area contributed by atoms with Crippen molar-refractivity contribution in [3.8, 4) is 23.1 Å². The van der Waals surface area contributed by atoms with Crippen LogP contribution in [0.1, 0.15) is 65.0 Å². The van der Waals surface area contributed by atoms with E-state index in [1.165, 1.54) is 6.42 Å².